The van der Waals surface area contributed by atoms with Gasteiger partial charge in [-0.15, -0.1) is 11.3 Å². The Balaban J connectivity index is 2.00. The highest BCUT2D eigenvalue weighted by Crippen LogP contribution is 2.27. The maximum Gasteiger partial charge on any atom is 0.339 e. The van der Waals surface area contributed by atoms with E-state index in [9.17, 15) is 13.2 Å². The van der Waals surface area contributed by atoms with E-state index in [1.807, 2.05) is 6.92 Å². The third-order valence-corrected chi connectivity index (χ3v) is 5.70. The molecular formula is C16H14N2O4S2. The summed E-state index contributed by atoms with van der Waals surface area (Å²) in [5.41, 5.74) is 1.21. The molecule has 6 nitrogen and oxygen atoms in total. The number of benzene rings is 2. The van der Waals surface area contributed by atoms with Crippen LogP contribution in [0.25, 0.3) is 10.2 Å². The molecule has 0 aliphatic rings. The third kappa shape index (κ3) is 3.10. The summed E-state index contributed by atoms with van der Waals surface area (Å²) in [6.07, 6.45) is 0. The Labute approximate surface area is 143 Å². The fraction of sp³-hybridized carbons (Fsp3) is 0.125. The molecule has 0 aliphatic heterocycles. The lowest BCUT2D eigenvalue weighted by Gasteiger charge is -2.11. The quantitative estimate of drug-likeness (QED) is 0.721. The second-order valence-electron chi connectivity index (χ2n) is 5.01. The molecule has 0 atom stereocenters. The number of carbonyl (C=O) groups is 1. The first kappa shape index (κ1) is 16.4. The lowest BCUT2D eigenvalue weighted by molar-refractivity contribution is 0.0596. The van der Waals surface area contributed by atoms with E-state index in [1.54, 1.807) is 30.3 Å². The molecule has 124 valence electrons. The van der Waals surface area contributed by atoms with Gasteiger partial charge in [0.2, 0.25) is 0 Å². The van der Waals surface area contributed by atoms with E-state index >= 15 is 0 Å². The summed E-state index contributed by atoms with van der Waals surface area (Å²) < 4.78 is 33.3. The number of ether oxygens (including phenoxy) is 1. The minimum atomic E-state index is -3.93. The van der Waals surface area contributed by atoms with Gasteiger partial charge in [-0.3, -0.25) is 4.72 Å². The maximum absolute atomic E-state index is 12.7. The highest BCUT2D eigenvalue weighted by Gasteiger charge is 2.22. The first-order valence-electron chi connectivity index (χ1n) is 6.98. The predicted octanol–water partition coefficient (Wildman–Crippen LogP) is 3.19. The first-order chi connectivity index (χ1) is 11.4. The van der Waals surface area contributed by atoms with Crippen LogP contribution in [0.4, 0.5) is 5.69 Å². The lowest BCUT2D eigenvalue weighted by atomic mass is 10.2. The Bertz CT molecular complexity index is 1030. The van der Waals surface area contributed by atoms with Crippen LogP contribution in [0.1, 0.15) is 15.4 Å². The lowest BCUT2D eigenvalue weighted by Crippen LogP contribution is -2.17. The van der Waals surface area contributed by atoms with Gasteiger partial charge in [-0.2, -0.15) is 0 Å². The van der Waals surface area contributed by atoms with Crippen LogP contribution in [0.2, 0.25) is 0 Å². The Hall–Kier alpha value is -2.45. The molecule has 0 bridgehead atoms. The molecule has 0 amide bonds. The zero-order chi connectivity index (χ0) is 17.3. The van der Waals surface area contributed by atoms with Crippen molar-refractivity contribution in [1.82, 2.24) is 4.98 Å². The number of aryl methyl sites for hydroxylation is 1. The molecule has 0 radical (unpaired) electrons. The van der Waals surface area contributed by atoms with Gasteiger partial charge in [0.1, 0.15) is 4.90 Å². The second-order valence-corrected chi connectivity index (χ2v) is 7.89. The molecule has 0 unspecified atom stereocenters. The number of aromatic nitrogens is 1. The van der Waals surface area contributed by atoms with Crippen molar-refractivity contribution >= 4 is 43.2 Å². The monoisotopic (exact) mass is 362 g/mol. The van der Waals surface area contributed by atoms with E-state index in [1.165, 1.54) is 30.6 Å². The van der Waals surface area contributed by atoms with Gasteiger partial charge in [-0.25, -0.2) is 18.2 Å². The number of nitrogens with one attached hydrogen (secondary N) is 1. The zero-order valence-corrected chi connectivity index (χ0v) is 14.6. The smallest absolute Gasteiger partial charge is 0.339 e. The first-order valence-corrected chi connectivity index (χ1v) is 9.28. The van der Waals surface area contributed by atoms with Crippen LogP contribution >= 0.6 is 11.3 Å². The molecule has 0 saturated carbocycles. The maximum atomic E-state index is 12.7. The van der Waals surface area contributed by atoms with Crippen LogP contribution in [0.3, 0.4) is 0 Å². The van der Waals surface area contributed by atoms with Crippen molar-refractivity contribution < 1.29 is 17.9 Å². The van der Waals surface area contributed by atoms with Gasteiger partial charge < -0.3 is 4.74 Å². The largest absolute Gasteiger partial charge is 0.465 e. The Morgan fingerprint density at radius 1 is 1.21 bits per heavy atom. The number of anilines is 1. The minimum Gasteiger partial charge on any atom is -0.465 e. The highest BCUT2D eigenvalue weighted by molar-refractivity contribution is 7.92. The number of fused-ring (bicyclic) bond motifs is 1. The number of thiazole rings is 1. The van der Waals surface area contributed by atoms with Crippen molar-refractivity contribution in [1.29, 1.82) is 0 Å². The highest BCUT2D eigenvalue weighted by atomic mass is 32.2. The van der Waals surface area contributed by atoms with Gasteiger partial charge in [-0.05, 0) is 37.3 Å². The van der Waals surface area contributed by atoms with Gasteiger partial charge in [0.25, 0.3) is 10.0 Å². The molecule has 0 fully saturated rings. The summed E-state index contributed by atoms with van der Waals surface area (Å²) in [5, 5.41) is 0.904. The Kier molecular flexibility index (Phi) is 4.25. The summed E-state index contributed by atoms with van der Waals surface area (Å²) in [4.78, 5) is 16.0. The van der Waals surface area contributed by atoms with Gasteiger partial charge in [0.05, 0.1) is 33.6 Å². The van der Waals surface area contributed by atoms with Crippen LogP contribution < -0.4 is 4.72 Å². The van der Waals surface area contributed by atoms with E-state index in [4.69, 9.17) is 0 Å². The summed E-state index contributed by atoms with van der Waals surface area (Å²) in [7, 11) is -2.72. The van der Waals surface area contributed by atoms with Crippen molar-refractivity contribution in [2.24, 2.45) is 0 Å². The molecule has 0 aliphatic carbocycles. The number of sulfonamides is 1. The number of hydrogen-bond acceptors (Lipinski definition) is 6. The standard InChI is InChI=1S/C16H14N2O4S2/c1-10-17-13-8-7-11(9-14(13)23-10)18-24(20,21)15-6-4-3-5-12(15)16(19)22-2/h3-9,18H,1-2H3. The molecule has 1 aromatic heterocycles. The van der Waals surface area contributed by atoms with Crippen molar-refractivity contribution in [2.45, 2.75) is 11.8 Å². The Morgan fingerprint density at radius 3 is 2.71 bits per heavy atom. The number of carbonyl (C=O) groups excluding carboxylic acids is 1. The number of rotatable bonds is 4. The average molecular weight is 362 g/mol. The second kappa shape index (κ2) is 6.21. The Morgan fingerprint density at radius 2 is 1.96 bits per heavy atom. The fourth-order valence-corrected chi connectivity index (χ4v) is 4.41. The topological polar surface area (TPSA) is 85.4 Å². The number of nitrogens with zero attached hydrogens (tertiary/aromatic N) is 1. The van der Waals surface area contributed by atoms with E-state index in [-0.39, 0.29) is 10.5 Å². The number of esters is 1. The van der Waals surface area contributed by atoms with E-state index in [0.717, 1.165) is 15.2 Å². The van der Waals surface area contributed by atoms with Gasteiger partial charge in [0.15, 0.2) is 0 Å². The average Bonchev–Trinajstić information content (AvgIpc) is 2.93. The van der Waals surface area contributed by atoms with E-state index in [2.05, 4.69) is 14.4 Å². The van der Waals surface area contributed by atoms with Gasteiger partial charge in [0, 0.05) is 0 Å². The molecule has 0 saturated heterocycles. The SMILES string of the molecule is COC(=O)c1ccccc1S(=O)(=O)Nc1ccc2nc(C)sc2c1. The zero-order valence-electron chi connectivity index (χ0n) is 12.9. The molecule has 0 spiro atoms. The van der Waals surface area contributed by atoms with Gasteiger partial charge >= 0.3 is 5.97 Å². The van der Waals surface area contributed by atoms with E-state index < -0.39 is 16.0 Å². The van der Waals surface area contributed by atoms with Crippen LogP contribution in [-0.2, 0) is 14.8 Å². The van der Waals surface area contributed by atoms with Crippen LogP contribution in [0.15, 0.2) is 47.4 Å². The number of methoxy groups -OCH3 is 1. The van der Waals surface area contributed by atoms with Crippen molar-refractivity contribution in [2.75, 3.05) is 11.8 Å². The van der Waals surface area contributed by atoms with E-state index in [0.29, 0.717) is 5.69 Å². The summed E-state index contributed by atoms with van der Waals surface area (Å²) >= 11 is 1.48. The van der Waals surface area contributed by atoms with Gasteiger partial charge in [-0.1, -0.05) is 12.1 Å². The van der Waals surface area contributed by atoms with Crippen molar-refractivity contribution in [3.8, 4) is 0 Å². The van der Waals surface area contributed by atoms with Crippen molar-refractivity contribution in [3.05, 3.63) is 53.0 Å². The normalized spacial score (nSPS) is 11.4. The van der Waals surface area contributed by atoms with Crippen molar-refractivity contribution in [3.63, 3.8) is 0 Å². The molecular weight excluding hydrogens is 348 g/mol. The molecule has 3 rings (SSSR count). The van der Waals surface area contributed by atoms with Crippen LogP contribution in [-0.4, -0.2) is 26.5 Å². The summed E-state index contributed by atoms with van der Waals surface area (Å²) in [5.74, 6) is -0.704. The number of hydrogen-bond donors (Lipinski definition) is 1. The van der Waals surface area contributed by atoms with Crippen LogP contribution in [0.5, 0.6) is 0 Å². The molecule has 1 heterocycles. The third-order valence-electron chi connectivity index (χ3n) is 3.33. The molecule has 3 aromatic rings. The summed E-state index contributed by atoms with van der Waals surface area (Å²) in [6, 6.07) is 11.0. The van der Waals surface area contributed by atoms with Crippen LogP contribution in [0, 0.1) is 6.92 Å². The molecule has 24 heavy (non-hydrogen) atoms. The predicted molar refractivity (Wildman–Crippen MR) is 92.9 cm³/mol. The minimum absolute atomic E-state index is 0.0118. The molecule has 1 N–H and O–H groups in total. The summed E-state index contributed by atoms with van der Waals surface area (Å²) in [6.45, 7) is 1.89. The fourth-order valence-electron chi connectivity index (χ4n) is 2.29. The molecule has 2 aromatic carbocycles. The molecule has 8 heteroatoms.